The third-order valence-electron chi connectivity index (χ3n) is 6.88. The molecule has 8 heteroatoms. The fourth-order valence-electron chi connectivity index (χ4n) is 4.99. The van der Waals surface area contributed by atoms with Crippen LogP contribution in [0.25, 0.3) is 0 Å². The number of benzene rings is 2. The summed E-state index contributed by atoms with van der Waals surface area (Å²) in [6.45, 7) is 3.45. The maximum Gasteiger partial charge on any atom is 0.227 e. The maximum absolute atomic E-state index is 13.3. The molecule has 2 aromatic carbocycles. The molecule has 1 amide bonds. The molecule has 0 bridgehead atoms. The lowest BCUT2D eigenvalue weighted by molar-refractivity contribution is -0.131. The number of hydrogen-bond donors (Lipinski definition) is 1. The summed E-state index contributed by atoms with van der Waals surface area (Å²) >= 11 is 0. The zero-order valence-electron chi connectivity index (χ0n) is 20.9. The Hall–Kier alpha value is -2.97. The van der Waals surface area contributed by atoms with E-state index in [1.165, 1.54) is 12.0 Å². The van der Waals surface area contributed by atoms with E-state index in [1.807, 2.05) is 23.1 Å². The van der Waals surface area contributed by atoms with Gasteiger partial charge in [-0.05, 0) is 54.8 Å². The van der Waals surface area contributed by atoms with E-state index in [0.717, 1.165) is 42.8 Å². The lowest BCUT2D eigenvalue weighted by Crippen LogP contribution is -2.41. The number of aliphatic hydroxyl groups excluding tert-OH is 1. The molecule has 1 N–H and O–H groups in total. The van der Waals surface area contributed by atoms with Crippen LogP contribution in [0.2, 0.25) is 0 Å². The molecule has 1 fully saturated rings. The van der Waals surface area contributed by atoms with E-state index in [4.69, 9.17) is 18.9 Å². The number of likely N-dealkylation sites (tertiary alicyclic amines) is 1. The van der Waals surface area contributed by atoms with Crippen LogP contribution in [0.4, 0.5) is 0 Å². The van der Waals surface area contributed by atoms with E-state index in [1.54, 1.807) is 21.3 Å². The van der Waals surface area contributed by atoms with E-state index >= 15 is 0 Å². The van der Waals surface area contributed by atoms with Gasteiger partial charge in [0.1, 0.15) is 12.4 Å². The second kappa shape index (κ2) is 11.6. The van der Waals surface area contributed by atoms with E-state index in [0.29, 0.717) is 36.9 Å². The maximum atomic E-state index is 13.3. The summed E-state index contributed by atoms with van der Waals surface area (Å²) in [5.74, 6) is 2.41. The third-order valence-corrected chi connectivity index (χ3v) is 6.88. The molecule has 0 aromatic heterocycles. The van der Waals surface area contributed by atoms with Gasteiger partial charge in [0.15, 0.2) is 11.5 Å². The van der Waals surface area contributed by atoms with Gasteiger partial charge in [0, 0.05) is 24.7 Å². The van der Waals surface area contributed by atoms with Crippen molar-refractivity contribution in [3.8, 4) is 23.0 Å². The Balaban J connectivity index is 1.48. The number of hydrogen-bond acceptors (Lipinski definition) is 7. The number of fused-ring (bicyclic) bond motifs is 1. The first-order valence-corrected chi connectivity index (χ1v) is 12.2. The largest absolute Gasteiger partial charge is 0.493 e. The molecule has 4 rings (SSSR count). The summed E-state index contributed by atoms with van der Waals surface area (Å²) in [4.78, 5) is 17.5. The predicted octanol–water partition coefficient (Wildman–Crippen LogP) is 3.02. The predicted molar refractivity (Wildman–Crippen MR) is 132 cm³/mol. The highest BCUT2D eigenvalue weighted by atomic mass is 16.5. The van der Waals surface area contributed by atoms with Crippen molar-refractivity contribution in [2.24, 2.45) is 0 Å². The lowest BCUT2D eigenvalue weighted by atomic mass is 10.0. The van der Waals surface area contributed by atoms with E-state index in [2.05, 4.69) is 17.0 Å². The van der Waals surface area contributed by atoms with Crippen molar-refractivity contribution in [1.29, 1.82) is 0 Å². The van der Waals surface area contributed by atoms with Gasteiger partial charge in [-0.15, -0.1) is 0 Å². The minimum atomic E-state index is 0.0116. The smallest absolute Gasteiger partial charge is 0.227 e. The zero-order chi connectivity index (χ0) is 24.8. The first-order valence-electron chi connectivity index (χ1n) is 12.2. The van der Waals surface area contributed by atoms with Gasteiger partial charge in [0.2, 0.25) is 11.7 Å². The van der Waals surface area contributed by atoms with Gasteiger partial charge >= 0.3 is 0 Å². The van der Waals surface area contributed by atoms with Crippen molar-refractivity contribution in [1.82, 2.24) is 9.80 Å². The second-order valence-electron chi connectivity index (χ2n) is 9.12. The number of carbonyl (C=O) groups excluding carboxylic acids is 1. The first-order chi connectivity index (χ1) is 17.1. The van der Waals surface area contributed by atoms with Crippen LogP contribution in [0.3, 0.4) is 0 Å². The van der Waals surface area contributed by atoms with Crippen LogP contribution in [0.1, 0.15) is 36.0 Å². The van der Waals surface area contributed by atoms with Crippen LogP contribution in [-0.2, 0) is 24.3 Å². The molecule has 0 unspecified atom stereocenters. The minimum absolute atomic E-state index is 0.0116. The van der Waals surface area contributed by atoms with Gasteiger partial charge in [-0.2, -0.15) is 0 Å². The lowest BCUT2D eigenvalue weighted by Gasteiger charge is -2.34. The SMILES string of the molecule is COc1cc(CC(=O)N2CCOc3ccc(CN4CCCC[C@@H]4CO)cc3C2)cc(OC)c1OC. The van der Waals surface area contributed by atoms with Crippen molar-refractivity contribution in [2.45, 2.75) is 44.8 Å². The highest BCUT2D eigenvalue weighted by Gasteiger charge is 2.24. The number of amides is 1. The van der Waals surface area contributed by atoms with Gasteiger partial charge in [0.25, 0.3) is 0 Å². The molecule has 190 valence electrons. The molecule has 0 saturated carbocycles. The molecule has 35 heavy (non-hydrogen) atoms. The Labute approximate surface area is 207 Å². The Morgan fingerprint density at radius 2 is 1.80 bits per heavy atom. The summed E-state index contributed by atoms with van der Waals surface area (Å²) in [6.07, 6.45) is 3.59. The molecule has 8 nitrogen and oxygen atoms in total. The van der Waals surface area contributed by atoms with Crippen LogP contribution >= 0.6 is 0 Å². The van der Waals surface area contributed by atoms with Crippen molar-refractivity contribution in [3.05, 3.63) is 47.0 Å². The zero-order valence-corrected chi connectivity index (χ0v) is 20.9. The van der Waals surface area contributed by atoms with E-state index in [-0.39, 0.29) is 25.0 Å². The van der Waals surface area contributed by atoms with Crippen molar-refractivity contribution in [3.63, 3.8) is 0 Å². The molecule has 1 saturated heterocycles. The summed E-state index contributed by atoms with van der Waals surface area (Å²) in [6, 6.07) is 10.1. The van der Waals surface area contributed by atoms with Crippen molar-refractivity contribution < 1.29 is 28.8 Å². The van der Waals surface area contributed by atoms with Gasteiger partial charge in [0.05, 0.1) is 40.9 Å². The fraction of sp³-hybridized carbons (Fsp3) is 0.519. The number of methoxy groups -OCH3 is 3. The molecule has 2 aliphatic rings. The summed E-state index contributed by atoms with van der Waals surface area (Å²) in [7, 11) is 4.69. The Morgan fingerprint density at radius 3 is 2.49 bits per heavy atom. The second-order valence-corrected chi connectivity index (χ2v) is 9.12. The highest BCUT2D eigenvalue weighted by molar-refractivity contribution is 5.79. The molecule has 0 aliphatic carbocycles. The Morgan fingerprint density at radius 1 is 1.03 bits per heavy atom. The first kappa shape index (κ1) is 25.1. The quantitative estimate of drug-likeness (QED) is 0.617. The van der Waals surface area contributed by atoms with E-state index in [9.17, 15) is 9.90 Å². The molecular weight excluding hydrogens is 448 g/mol. The molecule has 0 spiro atoms. The molecule has 1 atom stereocenters. The van der Waals surface area contributed by atoms with Gasteiger partial charge in [-0.3, -0.25) is 9.69 Å². The van der Waals surface area contributed by atoms with Gasteiger partial charge in [-0.1, -0.05) is 12.5 Å². The summed E-state index contributed by atoms with van der Waals surface area (Å²) < 4.78 is 22.2. The van der Waals surface area contributed by atoms with Gasteiger partial charge in [-0.25, -0.2) is 0 Å². The minimum Gasteiger partial charge on any atom is -0.493 e. The molecule has 2 aromatic rings. The standard InChI is InChI=1S/C27H36N2O6/c1-32-24-13-20(14-25(33-2)27(24)34-3)15-26(31)29-10-11-35-23-8-7-19(12-21(23)17-29)16-28-9-5-4-6-22(28)18-30/h7-8,12-14,22,30H,4-6,9-11,15-18H2,1-3H3/t22-/m1/s1. The van der Waals surface area contributed by atoms with Crippen LogP contribution < -0.4 is 18.9 Å². The van der Waals surface area contributed by atoms with E-state index < -0.39 is 0 Å². The number of piperidine rings is 1. The van der Waals surface area contributed by atoms with Crippen molar-refractivity contribution in [2.75, 3.05) is 47.6 Å². The van der Waals surface area contributed by atoms with Crippen molar-refractivity contribution >= 4 is 5.91 Å². The number of aliphatic hydroxyl groups is 1. The summed E-state index contributed by atoms with van der Waals surface area (Å²) in [5.41, 5.74) is 2.98. The van der Waals surface area contributed by atoms with Gasteiger partial charge < -0.3 is 29.0 Å². The van der Waals surface area contributed by atoms with Crippen LogP contribution in [-0.4, -0.2) is 74.5 Å². The van der Waals surface area contributed by atoms with Crippen LogP contribution in [0.15, 0.2) is 30.3 Å². The third kappa shape index (κ3) is 5.82. The Bertz CT molecular complexity index is 1000. The topological polar surface area (TPSA) is 80.7 Å². The number of rotatable bonds is 8. The van der Waals surface area contributed by atoms with Crippen LogP contribution in [0.5, 0.6) is 23.0 Å². The van der Waals surface area contributed by atoms with Crippen LogP contribution in [0, 0.1) is 0 Å². The summed E-state index contributed by atoms with van der Waals surface area (Å²) in [5, 5.41) is 9.75. The molecule has 2 heterocycles. The molecular formula is C27H36N2O6. The normalized spacial score (nSPS) is 18.3. The Kier molecular flexibility index (Phi) is 8.36. The molecule has 0 radical (unpaired) electrons. The monoisotopic (exact) mass is 484 g/mol. The highest BCUT2D eigenvalue weighted by Crippen LogP contribution is 2.38. The number of nitrogens with zero attached hydrogens (tertiary/aromatic N) is 2. The number of carbonyl (C=O) groups is 1. The average Bonchev–Trinajstić information content (AvgIpc) is 3.10. The fourth-order valence-corrected chi connectivity index (χ4v) is 4.99. The number of ether oxygens (including phenoxy) is 4. The average molecular weight is 485 g/mol. The molecule has 2 aliphatic heterocycles.